The molecule has 19 heavy (non-hydrogen) atoms. The highest BCUT2D eigenvalue weighted by Gasteiger charge is 2.06. The lowest BCUT2D eigenvalue weighted by Gasteiger charge is -2.06. The van der Waals surface area contributed by atoms with Gasteiger partial charge in [0.25, 0.3) is 0 Å². The summed E-state index contributed by atoms with van der Waals surface area (Å²) in [6.07, 6.45) is 1.95. The van der Waals surface area contributed by atoms with E-state index in [1.165, 1.54) is 0 Å². The van der Waals surface area contributed by atoms with Crippen LogP contribution in [0.1, 0.15) is 5.56 Å². The minimum Gasteiger partial charge on any atom is -0.317 e. The van der Waals surface area contributed by atoms with Crippen molar-refractivity contribution in [3.8, 4) is 11.8 Å². The average Bonchev–Trinajstić information content (AvgIpc) is 2.84. The molecule has 0 aliphatic heterocycles. The molecule has 1 aromatic heterocycles. The summed E-state index contributed by atoms with van der Waals surface area (Å²) in [6, 6.07) is 15.2. The summed E-state index contributed by atoms with van der Waals surface area (Å²) >= 11 is 12.0. The van der Waals surface area contributed by atoms with E-state index in [2.05, 4.69) is 6.07 Å². The topological polar surface area (TPSA) is 28.7 Å². The standard InChI is InChI=1S/C15H8Cl2N2/c16-13-3-2-12(8-14(13)17)19-6-5-11-7-10(9-18)1-4-15(11)19/h1-8H. The highest BCUT2D eigenvalue weighted by molar-refractivity contribution is 6.42. The molecule has 3 aromatic rings. The van der Waals surface area contributed by atoms with E-state index in [0.29, 0.717) is 15.6 Å². The molecule has 2 nitrogen and oxygen atoms in total. The highest BCUT2D eigenvalue weighted by Crippen LogP contribution is 2.27. The molecule has 0 N–H and O–H groups in total. The number of hydrogen-bond donors (Lipinski definition) is 0. The van der Waals surface area contributed by atoms with Gasteiger partial charge in [0.05, 0.1) is 27.2 Å². The number of rotatable bonds is 1. The molecule has 0 aliphatic carbocycles. The predicted molar refractivity (Wildman–Crippen MR) is 78.0 cm³/mol. The van der Waals surface area contributed by atoms with E-state index in [0.717, 1.165) is 16.6 Å². The minimum absolute atomic E-state index is 0.523. The number of nitrogens with zero attached hydrogens (tertiary/aromatic N) is 2. The van der Waals surface area contributed by atoms with Gasteiger partial charge < -0.3 is 4.57 Å². The molecular weight excluding hydrogens is 279 g/mol. The summed E-state index contributed by atoms with van der Waals surface area (Å²) in [5.74, 6) is 0. The summed E-state index contributed by atoms with van der Waals surface area (Å²) in [4.78, 5) is 0. The largest absolute Gasteiger partial charge is 0.317 e. The van der Waals surface area contributed by atoms with Crippen molar-refractivity contribution < 1.29 is 0 Å². The quantitative estimate of drug-likeness (QED) is 0.631. The summed E-state index contributed by atoms with van der Waals surface area (Å²) in [5.41, 5.74) is 2.62. The van der Waals surface area contributed by atoms with E-state index < -0.39 is 0 Å². The highest BCUT2D eigenvalue weighted by atomic mass is 35.5. The van der Waals surface area contributed by atoms with E-state index in [1.54, 1.807) is 12.1 Å². The Kier molecular flexibility index (Phi) is 2.94. The summed E-state index contributed by atoms with van der Waals surface area (Å²) in [6.45, 7) is 0. The van der Waals surface area contributed by atoms with Crippen molar-refractivity contribution >= 4 is 34.1 Å². The van der Waals surface area contributed by atoms with E-state index in [4.69, 9.17) is 28.5 Å². The smallest absolute Gasteiger partial charge is 0.0991 e. The molecular formula is C15H8Cl2N2. The molecule has 0 saturated heterocycles. The first-order valence-corrected chi connectivity index (χ1v) is 6.41. The van der Waals surface area contributed by atoms with E-state index in [-0.39, 0.29) is 0 Å². The second-order valence-corrected chi connectivity index (χ2v) is 4.98. The van der Waals surface area contributed by atoms with Gasteiger partial charge in [-0.3, -0.25) is 0 Å². The van der Waals surface area contributed by atoms with Crippen LogP contribution in [0, 0.1) is 11.3 Å². The van der Waals surface area contributed by atoms with Crippen LogP contribution in [-0.4, -0.2) is 4.57 Å². The first kappa shape index (κ1) is 12.1. The molecule has 0 radical (unpaired) electrons. The first-order valence-electron chi connectivity index (χ1n) is 5.66. The van der Waals surface area contributed by atoms with Crippen LogP contribution < -0.4 is 0 Å². The molecule has 0 spiro atoms. The van der Waals surface area contributed by atoms with Crippen molar-refractivity contribution in [1.82, 2.24) is 4.57 Å². The fraction of sp³-hybridized carbons (Fsp3) is 0. The normalized spacial score (nSPS) is 10.6. The van der Waals surface area contributed by atoms with Gasteiger partial charge in [-0.05, 0) is 42.5 Å². The number of aromatic nitrogens is 1. The number of benzene rings is 2. The van der Waals surface area contributed by atoms with Crippen LogP contribution >= 0.6 is 23.2 Å². The predicted octanol–water partition coefficient (Wildman–Crippen LogP) is 4.81. The van der Waals surface area contributed by atoms with Crippen LogP contribution in [0.15, 0.2) is 48.7 Å². The first-order chi connectivity index (χ1) is 9.19. The monoisotopic (exact) mass is 286 g/mol. The van der Waals surface area contributed by atoms with Crippen LogP contribution in [-0.2, 0) is 0 Å². The second-order valence-electron chi connectivity index (χ2n) is 4.17. The minimum atomic E-state index is 0.523. The molecule has 0 bridgehead atoms. The van der Waals surface area contributed by atoms with Gasteiger partial charge >= 0.3 is 0 Å². The Morgan fingerprint density at radius 1 is 0.947 bits per heavy atom. The van der Waals surface area contributed by atoms with Crippen molar-refractivity contribution in [3.05, 3.63) is 64.3 Å². The van der Waals surface area contributed by atoms with E-state index in [1.807, 2.05) is 41.1 Å². The fourth-order valence-electron chi connectivity index (χ4n) is 2.07. The molecule has 0 amide bonds. The third-order valence-corrected chi connectivity index (χ3v) is 3.74. The fourth-order valence-corrected chi connectivity index (χ4v) is 2.36. The summed E-state index contributed by atoms with van der Waals surface area (Å²) in [7, 11) is 0. The van der Waals surface area contributed by atoms with Gasteiger partial charge in [-0.25, -0.2) is 0 Å². The molecule has 0 aliphatic rings. The SMILES string of the molecule is N#Cc1ccc2c(ccn2-c2ccc(Cl)c(Cl)c2)c1. The van der Waals surface area contributed by atoms with Crippen molar-refractivity contribution in [2.45, 2.75) is 0 Å². The molecule has 0 fully saturated rings. The van der Waals surface area contributed by atoms with Crippen LogP contribution in [0.4, 0.5) is 0 Å². The van der Waals surface area contributed by atoms with Crippen LogP contribution in [0.2, 0.25) is 10.0 Å². The van der Waals surface area contributed by atoms with Crippen molar-refractivity contribution in [3.63, 3.8) is 0 Å². The maximum Gasteiger partial charge on any atom is 0.0991 e. The lowest BCUT2D eigenvalue weighted by Crippen LogP contribution is -1.91. The van der Waals surface area contributed by atoms with Crippen molar-refractivity contribution in [2.24, 2.45) is 0 Å². The van der Waals surface area contributed by atoms with Gasteiger partial charge in [-0.15, -0.1) is 0 Å². The Hall–Kier alpha value is -1.95. The Bertz CT molecular complexity index is 813. The third kappa shape index (κ3) is 2.08. The molecule has 2 aromatic carbocycles. The zero-order chi connectivity index (χ0) is 13.4. The van der Waals surface area contributed by atoms with Gasteiger partial charge in [0.15, 0.2) is 0 Å². The van der Waals surface area contributed by atoms with Gasteiger partial charge in [-0.1, -0.05) is 23.2 Å². The maximum absolute atomic E-state index is 8.90. The Labute approximate surface area is 120 Å². The Morgan fingerprint density at radius 3 is 2.53 bits per heavy atom. The number of hydrogen-bond acceptors (Lipinski definition) is 1. The molecule has 4 heteroatoms. The lowest BCUT2D eigenvalue weighted by molar-refractivity contribution is 1.13. The summed E-state index contributed by atoms with van der Waals surface area (Å²) < 4.78 is 2.01. The second kappa shape index (κ2) is 4.62. The van der Waals surface area contributed by atoms with Gasteiger partial charge in [0, 0.05) is 17.3 Å². The van der Waals surface area contributed by atoms with Crippen LogP contribution in [0.25, 0.3) is 16.6 Å². The molecule has 0 saturated carbocycles. The summed E-state index contributed by atoms with van der Waals surface area (Å²) in [5, 5.41) is 11.0. The number of fused-ring (bicyclic) bond motifs is 1. The van der Waals surface area contributed by atoms with Crippen LogP contribution in [0.3, 0.4) is 0 Å². The number of nitriles is 1. The molecule has 92 valence electrons. The molecule has 3 rings (SSSR count). The third-order valence-electron chi connectivity index (χ3n) is 3.00. The zero-order valence-corrected chi connectivity index (χ0v) is 11.3. The lowest BCUT2D eigenvalue weighted by atomic mass is 10.2. The maximum atomic E-state index is 8.90. The molecule has 1 heterocycles. The Morgan fingerprint density at radius 2 is 1.79 bits per heavy atom. The van der Waals surface area contributed by atoms with Gasteiger partial charge in [0.2, 0.25) is 0 Å². The Balaban J connectivity index is 2.20. The van der Waals surface area contributed by atoms with Gasteiger partial charge in [0.1, 0.15) is 0 Å². The van der Waals surface area contributed by atoms with E-state index in [9.17, 15) is 0 Å². The zero-order valence-electron chi connectivity index (χ0n) is 9.77. The van der Waals surface area contributed by atoms with E-state index >= 15 is 0 Å². The molecule has 0 atom stereocenters. The molecule has 0 unspecified atom stereocenters. The van der Waals surface area contributed by atoms with Crippen molar-refractivity contribution in [2.75, 3.05) is 0 Å². The average molecular weight is 287 g/mol. The van der Waals surface area contributed by atoms with Crippen molar-refractivity contribution in [1.29, 1.82) is 5.26 Å². The van der Waals surface area contributed by atoms with Gasteiger partial charge in [-0.2, -0.15) is 5.26 Å². The number of halogens is 2. The van der Waals surface area contributed by atoms with Crippen LogP contribution in [0.5, 0.6) is 0 Å².